The number of sulfonamides is 2. The van der Waals surface area contributed by atoms with Crippen molar-refractivity contribution >= 4 is 43.3 Å². The number of hydrogen-bond acceptors (Lipinski definition) is 7. The van der Waals surface area contributed by atoms with Gasteiger partial charge in [0, 0.05) is 13.1 Å². The van der Waals surface area contributed by atoms with Gasteiger partial charge in [0.25, 0.3) is 10.0 Å². The molecule has 0 spiro atoms. The van der Waals surface area contributed by atoms with E-state index >= 15 is 0 Å². The Morgan fingerprint density at radius 1 is 1.10 bits per heavy atom. The van der Waals surface area contributed by atoms with Crippen LogP contribution in [0.4, 0.5) is 5.69 Å². The minimum Gasteiger partial charge on any atom is -0.495 e. The Labute approximate surface area is 184 Å². The average molecular weight is 491 g/mol. The van der Waals surface area contributed by atoms with Gasteiger partial charge in [-0.15, -0.1) is 0 Å². The third-order valence-electron chi connectivity index (χ3n) is 4.47. The lowest BCUT2D eigenvalue weighted by Gasteiger charge is -2.26. The Morgan fingerprint density at radius 2 is 1.77 bits per heavy atom. The molecule has 13 heteroatoms. The summed E-state index contributed by atoms with van der Waals surface area (Å²) in [7, 11) is -7.00. The minimum atomic E-state index is -4.32. The van der Waals surface area contributed by atoms with Crippen LogP contribution in [0, 0.1) is 0 Å². The second-order valence-corrected chi connectivity index (χ2v) is 10.4. The van der Waals surface area contributed by atoms with Crippen LogP contribution in [0.3, 0.4) is 0 Å². The van der Waals surface area contributed by atoms with Crippen LogP contribution in [-0.4, -0.2) is 65.6 Å². The summed E-state index contributed by atoms with van der Waals surface area (Å²) in [5, 5.41) is 8.92. The number of hydrogen-bond donors (Lipinski definition) is 2. The molecule has 10 nitrogen and oxygen atoms in total. The highest BCUT2D eigenvalue weighted by Crippen LogP contribution is 2.32. The average Bonchev–Trinajstić information content (AvgIpc) is 2.74. The Kier molecular flexibility index (Phi) is 6.76. The number of nitrogens with one attached hydrogen (secondary N) is 1. The summed E-state index contributed by atoms with van der Waals surface area (Å²) in [6.07, 6.45) is 0. The number of carboxylic acid groups (broad SMARTS) is 1. The molecule has 0 aliphatic carbocycles. The number of carbonyl (C=O) groups is 1. The number of rotatable bonds is 7. The fourth-order valence-corrected chi connectivity index (χ4v) is 6.09. The molecule has 1 fully saturated rings. The summed E-state index contributed by atoms with van der Waals surface area (Å²) in [6.45, 7) is 0.788. The molecule has 168 valence electrons. The molecule has 1 saturated heterocycles. The van der Waals surface area contributed by atoms with E-state index in [-0.39, 0.29) is 53.2 Å². The Balaban J connectivity index is 2.00. The maximum atomic E-state index is 13.1. The topological polar surface area (TPSA) is 139 Å². The third-order valence-corrected chi connectivity index (χ3v) is 8.25. The van der Waals surface area contributed by atoms with Gasteiger partial charge in [-0.2, -0.15) is 4.31 Å². The summed E-state index contributed by atoms with van der Waals surface area (Å²) in [4.78, 5) is 10.5. The van der Waals surface area contributed by atoms with Gasteiger partial charge in [-0.1, -0.05) is 11.6 Å². The molecule has 3 rings (SSSR count). The zero-order valence-electron chi connectivity index (χ0n) is 16.2. The van der Waals surface area contributed by atoms with E-state index in [1.165, 1.54) is 29.6 Å². The Hall–Kier alpha value is -2.38. The van der Waals surface area contributed by atoms with Crippen LogP contribution in [0.1, 0.15) is 10.4 Å². The lowest BCUT2D eigenvalue weighted by molar-refractivity contribution is 0.0696. The van der Waals surface area contributed by atoms with E-state index in [0.717, 1.165) is 18.2 Å². The van der Waals surface area contributed by atoms with Gasteiger partial charge < -0.3 is 14.6 Å². The monoisotopic (exact) mass is 490 g/mol. The predicted octanol–water partition coefficient (Wildman–Crippen LogP) is 1.87. The number of halogens is 1. The largest absolute Gasteiger partial charge is 0.495 e. The number of methoxy groups -OCH3 is 1. The highest BCUT2D eigenvalue weighted by Gasteiger charge is 2.30. The Bertz CT molecular complexity index is 1210. The summed E-state index contributed by atoms with van der Waals surface area (Å²) in [5.74, 6) is -1.28. The fourth-order valence-electron chi connectivity index (χ4n) is 2.92. The van der Waals surface area contributed by atoms with Crippen molar-refractivity contribution in [2.24, 2.45) is 0 Å². The summed E-state index contributed by atoms with van der Waals surface area (Å²) in [6, 6.07) is 7.02. The second-order valence-electron chi connectivity index (χ2n) is 6.44. The van der Waals surface area contributed by atoms with Crippen LogP contribution in [0.5, 0.6) is 5.75 Å². The molecule has 0 aromatic heterocycles. The van der Waals surface area contributed by atoms with Gasteiger partial charge in [0.1, 0.15) is 15.5 Å². The molecule has 0 radical (unpaired) electrons. The minimum absolute atomic E-state index is 0.0420. The maximum absolute atomic E-state index is 13.1. The van der Waals surface area contributed by atoms with Crippen molar-refractivity contribution in [3.05, 3.63) is 47.0 Å². The van der Waals surface area contributed by atoms with Crippen molar-refractivity contribution in [2.75, 3.05) is 38.1 Å². The standard InChI is InChI=1S/C18H19ClN2O8S2/c1-28-15-5-3-13(11-17(15)31(26,27)21-6-8-29-9-7-21)20-30(24,25)16-10-12(18(22)23)2-4-14(16)19/h2-5,10-11,20H,6-9H2,1H3,(H,22,23). The number of ether oxygens (including phenoxy) is 2. The van der Waals surface area contributed by atoms with Crippen molar-refractivity contribution in [3.63, 3.8) is 0 Å². The van der Waals surface area contributed by atoms with Gasteiger partial charge >= 0.3 is 5.97 Å². The first kappa shape index (κ1) is 23.3. The molecule has 0 atom stereocenters. The van der Waals surface area contributed by atoms with E-state index in [1.807, 2.05) is 0 Å². The van der Waals surface area contributed by atoms with Gasteiger partial charge in [0.15, 0.2) is 0 Å². The first-order valence-corrected chi connectivity index (χ1v) is 12.2. The van der Waals surface area contributed by atoms with E-state index in [4.69, 9.17) is 26.2 Å². The van der Waals surface area contributed by atoms with Crippen LogP contribution in [0.15, 0.2) is 46.2 Å². The number of aromatic carboxylic acids is 1. The Morgan fingerprint density at radius 3 is 2.39 bits per heavy atom. The van der Waals surface area contributed by atoms with Crippen LogP contribution in [0.2, 0.25) is 5.02 Å². The predicted molar refractivity (Wildman–Crippen MR) is 112 cm³/mol. The molecule has 2 aromatic rings. The molecule has 1 aliphatic rings. The number of nitrogens with zero attached hydrogens (tertiary/aromatic N) is 1. The first-order valence-electron chi connectivity index (χ1n) is 8.88. The van der Waals surface area contributed by atoms with E-state index < -0.39 is 30.9 Å². The van der Waals surface area contributed by atoms with Crippen LogP contribution in [-0.2, 0) is 24.8 Å². The van der Waals surface area contributed by atoms with Gasteiger partial charge in [0.05, 0.1) is 36.6 Å². The van der Waals surface area contributed by atoms with Gasteiger partial charge in [0.2, 0.25) is 10.0 Å². The van der Waals surface area contributed by atoms with Crippen LogP contribution in [0.25, 0.3) is 0 Å². The number of carboxylic acids is 1. The van der Waals surface area contributed by atoms with E-state index in [1.54, 1.807) is 0 Å². The normalized spacial score (nSPS) is 15.4. The van der Waals surface area contributed by atoms with Crippen molar-refractivity contribution in [1.82, 2.24) is 4.31 Å². The SMILES string of the molecule is COc1ccc(NS(=O)(=O)c2cc(C(=O)O)ccc2Cl)cc1S(=O)(=O)N1CCOCC1. The first-order chi connectivity index (χ1) is 14.6. The van der Waals surface area contributed by atoms with Crippen molar-refractivity contribution in [2.45, 2.75) is 9.79 Å². The number of anilines is 1. The van der Waals surface area contributed by atoms with E-state index in [9.17, 15) is 21.6 Å². The summed E-state index contributed by atoms with van der Waals surface area (Å²) < 4.78 is 65.5. The molecule has 0 unspecified atom stereocenters. The highest BCUT2D eigenvalue weighted by atomic mass is 35.5. The highest BCUT2D eigenvalue weighted by molar-refractivity contribution is 7.93. The second kappa shape index (κ2) is 9.01. The molecular formula is C18H19ClN2O8S2. The van der Waals surface area contributed by atoms with Crippen LogP contribution < -0.4 is 9.46 Å². The number of morpholine rings is 1. The third kappa shape index (κ3) is 4.93. The van der Waals surface area contributed by atoms with Crippen molar-refractivity contribution in [1.29, 1.82) is 0 Å². The van der Waals surface area contributed by atoms with Crippen LogP contribution >= 0.6 is 11.6 Å². The molecule has 31 heavy (non-hydrogen) atoms. The van der Waals surface area contributed by atoms with Gasteiger partial charge in [-0.05, 0) is 36.4 Å². The zero-order valence-corrected chi connectivity index (χ0v) is 18.6. The molecule has 2 N–H and O–H groups in total. The van der Waals surface area contributed by atoms with E-state index in [2.05, 4.69) is 4.72 Å². The summed E-state index contributed by atoms with van der Waals surface area (Å²) in [5.41, 5.74) is -0.334. The molecule has 0 amide bonds. The quantitative estimate of drug-likeness (QED) is 0.599. The van der Waals surface area contributed by atoms with Gasteiger partial charge in [-0.3, -0.25) is 4.72 Å². The zero-order chi connectivity index (χ0) is 22.8. The summed E-state index contributed by atoms with van der Waals surface area (Å²) >= 11 is 5.96. The van der Waals surface area contributed by atoms with E-state index in [0.29, 0.717) is 0 Å². The molecule has 0 bridgehead atoms. The smallest absolute Gasteiger partial charge is 0.335 e. The molecule has 1 heterocycles. The maximum Gasteiger partial charge on any atom is 0.335 e. The molecule has 0 saturated carbocycles. The van der Waals surface area contributed by atoms with Crippen molar-refractivity contribution < 1.29 is 36.2 Å². The number of benzene rings is 2. The molecule has 2 aromatic carbocycles. The lowest BCUT2D eigenvalue weighted by atomic mass is 10.2. The van der Waals surface area contributed by atoms with Crippen molar-refractivity contribution in [3.8, 4) is 5.75 Å². The van der Waals surface area contributed by atoms with Gasteiger partial charge in [-0.25, -0.2) is 21.6 Å². The fraction of sp³-hybridized carbons (Fsp3) is 0.278. The molecule has 1 aliphatic heterocycles. The molecular weight excluding hydrogens is 472 g/mol. The lowest BCUT2D eigenvalue weighted by Crippen LogP contribution is -2.40.